The molecule has 0 saturated heterocycles. The van der Waals surface area contributed by atoms with E-state index < -0.39 is 33.3 Å². The van der Waals surface area contributed by atoms with Gasteiger partial charge in [-0.15, -0.1) is 0 Å². The second kappa shape index (κ2) is 6.69. The second-order valence-corrected chi connectivity index (χ2v) is 7.19. The molecule has 1 amide bonds. The highest BCUT2D eigenvalue weighted by atomic mass is 32.2. The summed E-state index contributed by atoms with van der Waals surface area (Å²) >= 11 is 0. The molecule has 0 aliphatic heterocycles. The zero-order valence-corrected chi connectivity index (χ0v) is 12.6. The fraction of sp³-hybridized carbons (Fsp3) is 0.727. The Kier molecular flexibility index (Phi) is 5.11. The molecule has 1 aromatic heterocycles. The minimum absolute atomic E-state index is 0.0774. The summed E-state index contributed by atoms with van der Waals surface area (Å²) in [7, 11) is -3.56. The summed E-state index contributed by atoms with van der Waals surface area (Å²) in [5.41, 5.74) is 10.9. The summed E-state index contributed by atoms with van der Waals surface area (Å²) in [5, 5.41) is 12.0. The zero-order chi connectivity index (χ0) is 16.3. The first kappa shape index (κ1) is 16.8. The van der Waals surface area contributed by atoms with E-state index in [1.165, 1.54) is 0 Å². The minimum Gasteiger partial charge on any atom is -0.396 e. The van der Waals surface area contributed by atoms with Gasteiger partial charge in [-0.3, -0.25) is 4.79 Å². The molecule has 0 unspecified atom stereocenters. The maximum Gasteiger partial charge on any atom is 0.245 e. The van der Waals surface area contributed by atoms with Gasteiger partial charge in [0.25, 0.3) is 0 Å². The SMILES string of the molecule is NC(=O)C[C@H](NS(=O)(=O)C1CC1)c1nc([C@@H](N)CCO)no1. The molecule has 11 heteroatoms. The topological polar surface area (TPSA) is 174 Å². The number of carbonyl (C=O) groups is 1. The largest absolute Gasteiger partial charge is 0.396 e. The number of nitrogens with two attached hydrogens (primary N) is 2. The van der Waals surface area contributed by atoms with Gasteiger partial charge in [0, 0.05) is 6.61 Å². The quantitative estimate of drug-likeness (QED) is 0.420. The Morgan fingerprint density at radius 1 is 1.50 bits per heavy atom. The van der Waals surface area contributed by atoms with Crippen LogP contribution in [0.3, 0.4) is 0 Å². The molecule has 0 aromatic carbocycles. The van der Waals surface area contributed by atoms with Crippen LogP contribution in [0.25, 0.3) is 0 Å². The van der Waals surface area contributed by atoms with Crippen molar-refractivity contribution in [3.63, 3.8) is 0 Å². The molecule has 10 nitrogen and oxygen atoms in total. The van der Waals surface area contributed by atoms with Gasteiger partial charge in [-0.05, 0) is 19.3 Å². The smallest absolute Gasteiger partial charge is 0.245 e. The molecule has 1 fully saturated rings. The lowest BCUT2D eigenvalue weighted by atomic mass is 10.2. The van der Waals surface area contributed by atoms with Crippen molar-refractivity contribution in [1.82, 2.24) is 14.9 Å². The Morgan fingerprint density at radius 3 is 2.73 bits per heavy atom. The number of amides is 1. The molecule has 1 saturated carbocycles. The van der Waals surface area contributed by atoms with Gasteiger partial charge >= 0.3 is 0 Å². The first-order chi connectivity index (χ1) is 10.3. The predicted molar refractivity (Wildman–Crippen MR) is 74.6 cm³/mol. The number of aliphatic hydroxyl groups excluding tert-OH is 1. The summed E-state index contributed by atoms with van der Waals surface area (Å²) in [6.45, 7) is -0.149. The Labute approximate surface area is 127 Å². The number of hydrogen-bond donors (Lipinski definition) is 4. The van der Waals surface area contributed by atoms with Crippen LogP contribution in [0, 0.1) is 0 Å². The van der Waals surface area contributed by atoms with Crippen molar-refractivity contribution in [2.75, 3.05) is 6.61 Å². The molecular formula is C11H19N5O5S. The number of hydrogen-bond acceptors (Lipinski definition) is 8. The van der Waals surface area contributed by atoms with Crippen molar-refractivity contribution in [3.05, 3.63) is 11.7 Å². The number of sulfonamides is 1. The molecule has 1 aliphatic carbocycles. The summed E-state index contributed by atoms with van der Waals surface area (Å²) in [6, 6.07) is -1.66. The molecule has 2 rings (SSSR count). The molecule has 0 spiro atoms. The zero-order valence-electron chi connectivity index (χ0n) is 11.8. The standard InChI is InChI=1S/C11H19N5O5S/c12-7(3-4-17)10-14-11(21-15-10)8(5-9(13)18)16-22(19,20)6-1-2-6/h6-8,16-17H,1-5,12H2,(H2,13,18)/t7-,8-/m0/s1. The van der Waals surface area contributed by atoms with Crippen LogP contribution in [0.1, 0.15) is 49.5 Å². The molecule has 0 radical (unpaired) electrons. The highest BCUT2D eigenvalue weighted by Gasteiger charge is 2.38. The van der Waals surface area contributed by atoms with Crippen LogP contribution in [-0.4, -0.2) is 41.4 Å². The average Bonchev–Trinajstić information content (AvgIpc) is 3.16. The van der Waals surface area contributed by atoms with Gasteiger partial charge in [0.2, 0.25) is 21.8 Å². The number of aliphatic hydroxyl groups is 1. The van der Waals surface area contributed by atoms with Crippen molar-refractivity contribution in [2.24, 2.45) is 11.5 Å². The fourth-order valence-electron chi connectivity index (χ4n) is 1.86. The van der Waals surface area contributed by atoms with E-state index in [9.17, 15) is 13.2 Å². The van der Waals surface area contributed by atoms with Crippen molar-refractivity contribution in [3.8, 4) is 0 Å². The Balaban J connectivity index is 2.16. The molecule has 1 aromatic rings. The number of nitrogens with zero attached hydrogens (tertiary/aromatic N) is 2. The van der Waals surface area contributed by atoms with Crippen LogP contribution < -0.4 is 16.2 Å². The first-order valence-electron chi connectivity index (χ1n) is 6.83. The predicted octanol–water partition coefficient (Wildman–Crippen LogP) is -1.55. The summed E-state index contributed by atoms with van der Waals surface area (Å²) in [4.78, 5) is 15.1. The number of rotatable bonds is 9. The fourth-order valence-corrected chi connectivity index (χ4v) is 3.39. The Hall–Kier alpha value is -1.56. The normalized spacial score (nSPS) is 18.1. The molecule has 0 bridgehead atoms. The molecule has 22 heavy (non-hydrogen) atoms. The van der Waals surface area contributed by atoms with Gasteiger partial charge in [-0.2, -0.15) is 4.98 Å². The average molecular weight is 333 g/mol. The van der Waals surface area contributed by atoms with E-state index in [-0.39, 0.29) is 31.2 Å². The molecule has 1 aliphatic rings. The molecule has 6 N–H and O–H groups in total. The van der Waals surface area contributed by atoms with E-state index in [0.29, 0.717) is 12.8 Å². The minimum atomic E-state index is -3.56. The van der Waals surface area contributed by atoms with Gasteiger partial charge in [-0.25, -0.2) is 13.1 Å². The van der Waals surface area contributed by atoms with Crippen LogP contribution in [0.2, 0.25) is 0 Å². The molecule has 1 heterocycles. The third kappa shape index (κ3) is 4.22. The monoisotopic (exact) mass is 333 g/mol. The maximum absolute atomic E-state index is 12.0. The van der Waals surface area contributed by atoms with Crippen molar-refractivity contribution < 1.29 is 22.8 Å². The van der Waals surface area contributed by atoms with E-state index >= 15 is 0 Å². The lowest BCUT2D eigenvalue weighted by Gasteiger charge is -2.13. The third-order valence-electron chi connectivity index (χ3n) is 3.20. The summed E-state index contributed by atoms with van der Waals surface area (Å²) < 4.78 is 31.3. The number of carbonyl (C=O) groups excluding carboxylic acids is 1. The van der Waals surface area contributed by atoms with E-state index in [2.05, 4.69) is 14.9 Å². The number of aromatic nitrogens is 2. The third-order valence-corrected chi connectivity index (χ3v) is 5.16. The molecule has 124 valence electrons. The van der Waals surface area contributed by atoms with Crippen molar-refractivity contribution >= 4 is 15.9 Å². The Bertz CT molecular complexity index is 627. The first-order valence-corrected chi connectivity index (χ1v) is 8.37. The lowest BCUT2D eigenvalue weighted by Crippen LogP contribution is -2.34. The highest BCUT2D eigenvalue weighted by molar-refractivity contribution is 7.90. The summed E-state index contributed by atoms with van der Waals surface area (Å²) in [6.07, 6.45) is 1.08. The van der Waals surface area contributed by atoms with Crippen molar-refractivity contribution in [2.45, 2.75) is 43.0 Å². The van der Waals surface area contributed by atoms with Gasteiger partial charge in [0.15, 0.2) is 5.82 Å². The number of primary amides is 1. The van der Waals surface area contributed by atoms with E-state index in [4.69, 9.17) is 21.1 Å². The van der Waals surface area contributed by atoms with Gasteiger partial charge in [-0.1, -0.05) is 5.16 Å². The van der Waals surface area contributed by atoms with Crippen LogP contribution >= 0.6 is 0 Å². The van der Waals surface area contributed by atoms with Gasteiger partial charge in [0.1, 0.15) is 6.04 Å². The lowest BCUT2D eigenvalue weighted by molar-refractivity contribution is -0.118. The van der Waals surface area contributed by atoms with E-state index in [1.54, 1.807) is 0 Å². The molecular weight excluding hydrogens is 314 g/mol. The van der Waals surface area contributed by atoms with Crippen molar-refractivity contribution in [1.29, 1.82) is 0 Å². The maximum atomic E-state index is 12.0. The van der Waals surface area contributed by atoms with Gasteiger partial charge in [0.05, 0.1) is 17.7 Å². The molecule has 2 atom stereocenters. The second-order valence-electron chi connectivity index (χ2n) is 5.19. The van der Waals surface area contributed by atoms with E-state index in [1.807, 2.05) is 0 Å². The van der Waals surface area contributed by atoms with Gasteiger partial charge < -0.3 is 21.1 Å². The van der Waals surface area contributed by atoms with Crippen LogP contribution in [0.5, 0.6) is 0 Å². The van der Waals surface area contributed by atoms with Crippen LogP contribution in [0.4, 0.5) is 0 Å². The van der Waals surface area contributed by atoms with Crippen LogP contribution in [0.15, 0.2) is 4.52 Å². The van der Waals surface area contributed by atoms with E-state index in [0.717, 1.165) is 0 Å². The number of nitrogens with one attached hydrogen (secondary N) is 1. The summed E-state index contributed by atoms with van der Waals surface area (Å²) in [5.74, 6) is -0.654. The Morgan fingerprint density at radius 2 is 2.18 bits per heavy atom. The highest BCUT2D eigenvalue weighted by Crippen LogP contribution is 2.29. The van der Waals surface area contributed by atoms with Crippen LogP contribution in [-0.2, 0) is 14.8 Å².